The van der Waals surface area contributed by atoms with Crippen LogP contribution >= 0.6 is 43.5 Å². The summed E-state index contributed by atoms with van der Waals surface area (Å²) in [4.78, 5) is 6.43. The normalized spacial score (nSPS) is 11.6. The Hall–Kier alpha value is 0.200. The van der Waals surface area contributed by atoms with Gasteiger partial charge in [0.2, 0.25) is 0 Å². The van der Waals surface area contributed by atoms with Crippen molar-refractivity contribution in [3.8, 4) is 0 Å². The molecule has 1 aromatic rings. The van der Waals surface area contributed by atoms with Gasteiger partial charge in [-0.05, 0) is 35.8 Å². The van der Waals surface area contributed by atoms with Crippen LogP contribution < -0.4 is 4.90 Å². The van der Waals surface area contributed by atoms with Gasteiger partial charge in [-0.3, -0.25) is 0 Å². The second-order valence-electron chi connectivity index (χ2n) is 3.96. The number of nitrogens with zero attached hydrogens (tertiary/aromatic N) is 2. The lowest BCUT2D eigenvalue weighted by Crippen LogP contribution is -2.43. The molecule has 0 spiro atoms. The number of pyridine rings is 1. The molecular weight excluding hydrogens is 343 g/mol. The van der Waals surface area contributed by atoms with Crippen molar-refractivity contribution < 1.29 is 0 Å². The van der Waals surface area contributed by atoms with Crippen molar-refractivity contribution in [2.45, 2.75) is 19.4 Å². The maximum atomic E-state index is 5.85. The minimum Gasteiger partial charge on any atom is -0.353 e. The molecule has 0 amide bonds. The predicted molar refractivity (Wildman–Crippen MR) is 73.2 cm³/mol. The van der Waals surface area contributed by atoms with Crippen molar-refractivity contribution in [2.24, 2.45) is 0 Å². The molecule has 0 bridgehead atoms. The molecule has 0 aliphatic carbocycles. The van der Waals surface area contributed by atoms with E-state index in [0.717, 1.165) is 15.6 Å². The summed E-state index contributed by atoms with van der Waals surface area (Å²) in [5, 5.41) is 1.50. The molecule has 0 unspecified atom stereocenters. The summed E-state index contributed by atoms with van der Waals surface area (Å²) >= 11 is 12.8. The van der Waals surface area contributed by atoms with Gasteiger partial charge in [0.25, 0.3) is 0 Å². The van der Waals surface area contributed by atoms with Crippen molar-refractivity contribution in [1.29, 1.82) is 0 Å². The average molecular weight is 356 g/mol. The quantitative estimate of drug-likeness (QED) is 0.758. The summed E-state index contributed by atoms with van der Waals surface area (Å²) in [6, 6.07) is 1.85. The van der Waals surface area contributed by atoms with Gasteiger partial charge in [0.15, 0.2) is 0 Å². The first-order valence-electron chi connectivity index (χ1n) is 4.49. The molecule has 0 N–H and O–H groups in total. The Labute approximate surface area is 112 Å². The van der Waals surface area contributed by atoms with Gasteiger partial charge < -0.3 is 4.90 Å². The van der Waals surface area contributed by atoms with Crippen LogP contribution in [0.2, 0.25) is 5.02 Å². The Balaban J connectivity index is 3.06. The van der Waals surface area contributed by atoms with Gasteiger partial charge in [-0.2, -0.15) is 0 Å². The molecule has 1 rings (SSSR count). The van der Waals surface area contributed by atoms with Crippen LogP contribution in [0.4, 0.5) is 5.82 Å². The smallest absolute Gasteiger partial charge is 0.143 e. The van der Waals surface area contributed by atoms with Crippen LogP contribution in [0.25, 0.3) is 0 Å². The number of hydrogen-bond acceptors (Lipinski definition) is 2. The van der Waals surface area contributed by atoms with E-state index in [1.807, 2.05) is 13.1 Å². The molecule has 0 fully saturated rings. The molecule has 15 heavy (non-hydrogen) atoms. The summed E-state index contributed by atoms with van der Waals surface area (Å²) in [6.07, 6.45) is 1.66. The Morgan fingerprint density at radius 2 is 2.13 bits per heavy atom. The van der Waals surface area contributed by atoms with Gasteiger partial charge >= 0.3 is 0 Å². The highest BCUT2D eigenvalue weighted by Crippen LogP contribution is 2.30. The molecule has 5 heteroatoms. The third-order valence-electron chi connectivity index (χ3n) is 2.34. The van der Waals surface area contributed by atoms with Crippen LogP contribution in [0.15, 0.2) is 16.7 Å². The first-order chi connectivity index (χ1) is 6.88. The standard InChI is InChI=1S/C10H13Br2ClN2/c1-10(2,6-11)15(3)9-8(12)4-7(13)5-14-9/h4-5H,6H2,1-3H3. The lowest BCUT2D eigenvalue weighted by atomic mass is 10.1. The van der Waals surface area contributed by atoms with Gasteiger partial charge in [0.05, 0.1) is 9.50 Å². The molecule has 1 aromatic heterocycles. The van der Waals surface area contributed by atoms with Crippen LogP contribution in [0, 0.1) is 0 Å². The maximum absolute atomic E-state index is 5.85. The third kappa shape index (κ3) is 3.08. The topological polar surface area (TPSA) is 16.1 Å². The van der Waals surface area contributed by atoms with E-state index in [1.165, 1.54) is 0 Å². The number of halogens is 3. The summed E-state index contributed by atoms with van der Waals surface area (Å²) in [7, 11) is 2.02. The molecule has 1 heterocycles. The lowest BCUT2D eigenvalue weighted by Gasteiger charge is -2.35. The molecule has 84 valence electrons. The van der Waals surface area contributed by atoms with E-state index in [9.17, 15) is 0 Å². The number of aromatic nitrogens is 1. The zero-order valence-corrected chi connectivity index (χ0v) is 12.8. The van der Waals surface area contributed by atoms with Crippen LogP contribution in [-0.2, 0) is 0 Å². The average Bonchev–Trinajstić information content (AvgIpc) is 2.17. The van der Waals surface area contributed by atoms with E-state index in [1.54, 1.807) is 6.20 Å². The minimum atomic E-state index is 0.00332. The lowest BCUT2D eigenvalue weighted by molar-refractivity contribution is 0.546. The maximum Gasteiger partial charge on any atom is 0.143 e. The van der Waals surface area contributed by atoms with Crippen LogP contribution in [0.3, 0.4) is 0 Å². The fourth-order valence-corrected chi connectivity index (χ4v) is 2.31. The highest BCUT2D eigenvalue weighted by molar-refractivity contribution is 9.10. The monoisotopic (exact) mass is 354 g/mol. The van der Waals surface area contributed by atoms with Crippen molar-refractivity contribution in [3.05, 3.63) is 21.8 Å². The number of hydrogen-bond donors (Lipinski definition) is 0. The summed E-state index contributed by atoms with van der Waals surface area (Å²) in [5.41, 5.74) is 0.00332. The summed E-state index contributed by atoms with van der Waals surface area (Å²) in [5.74, 6) is 0.892. The van der Waals surface area contributed by atoms with Gasteiger partial charge in [-0.15, -0.1) is 0 Å². The Morgan fingerprint density at radius 3 is 2.60 bits per heavy atom. The molecule has 0 aliphatic heterocycles. The Bertz CT molecular complexity index is 355. The number of alkyl halides is 1. The van der Waals surface area contributed by atoms with Crippen molar-refractivity contribution in [1.82, 2.24) is 4.98 Å². The zero-order valence-electron chi connectivity index (χ0n) is 8.89. The van der Waals surface area contributed by atoms with E-state index < -0.39 is 0 Å². The minimum absolute atomic E-state index is 0.00332. The molecule has 0 aromatic carbocycles. The summed E-state index contributed by atoms with van der Waals surface area (Å²) < 4.78 is 0.909. The fraction of sp³-hybridized carbons (Fsp3) is 0.500. The van der Waals surface area contributed by atoms with Crippen LogP contribution in [0.5, 0.6) is 0 Å². The number of anilines is 1. The van der Waals surface area contributed by atoms with E-state index in [2.05, 4.69) is 55.6 Å². The van der Waals surface area contributed by atoms with Gasteiger partial charge in [-0.1, -0.05) is 27.5 Å². The molecule has 0 radical (unpaired) electrons. The predicted octanol–water partition coefficient (Wildman–Crippen LogP) is 4.11. The van der Waals surface area contributed by atoms with E-state index in [-0.39, 0.29) is 5.54 Å². The van der Waals surface area contributed by atoms with Crippen LogP contribution in [0.1, 0.15) is 13.8 Å². The first kappa shape index (κ1) is 13.3. The van der Waals surface area contributed by atoms with E-state index in [4.69, 9.17) is 11.6 Å². The van der Waals surface area contributed by atoms with Crippen molar-refractivity contribution >= 4 is 49.3 Å². The second-order valence-corrected chi connectivity index (χ2v) is 5.82. The summed E-state index contributed by atoms with van der Waals surface area (Å²) in [6.45, 7) is 4.29. The number of rotatable bonds is 3. The van der Waals surface area contributed by atoms with Gasteiger partial charge in [0, 0.05) is 24.1 Å². The molecule has 0 saturated heterocycles. The van der Waals surface area contributed by atoms with Crippen molar-refractivity contribution in [3.63, 3.8) is 0 Å². The molecule has 0 aliphatic rings. The van der Waals surface area contributed by atoms with Gasteiger partial charge in [0.1, 0.15) is 5.82 Å². The highest BCUT2D eigenvalue weighted by Gasteiger charge is 2.24. The highest BCUT2D eigenvalue weighted by atomic mass is 79.9. The second kappa shape index (κ2) is 5.02. The van der Waals surface area contributed by atoms with E-state index >= 15 is 0 Å². The largest absolute Gasteiger partial charge is 0.353 e. The molecule has 0 atom stereocenters. The SMILES string of the molecule is CN(c1ncc(Cl)cc1Br)C(C)(C)CBr. The Morgan fingerprint density at radius 1 is 1.53 bits per heavy atom. The molecular formula is C10H13Br2ClN2. The third-order valence-corrected chi connectivity index (χ3v) is 4.50. The van der Waals surface area contributed by atoms with Crippen LogP contribution in [-0.4, -0.2) is 22.9 Å². The zero-order chi connectivity index (χ0) is 11.6. The first-order valence-corrected chi connectivity index (χ1v) is 6.78. The van der Waals surface area contributed by atoms with Gasteiger partial charge in [-0.25, -0.2) is 4.98 Å². The van der Waals surface area contributed by atoms with E-state index in [0.29, 0.717) is 5.02 Å². The fourth-order valence-electron chi connectivity index (χ4n) is 1.03. The molecule has 2 nitrogen and oxygen atoms in total. The molecule has 0 saturated carbocycles. The van der Waals surface area contributed by atoms with Crippen molar-refractivity contribution in [2.75, 3.05) is 17.3 Å². The Kier molecular flexibility index (Phi) is 4.44.